The van der Waals surface area contributed by atoms with E-state index in [1.54, 1.807) is 6.20 Å². The van der Waals surface area contributed by atoms with Gasteiger partial charge in [-0.2, -0.15) is 0 Å². The summed E-state index contributed by atoms with van der Waals surface area (Å²) in [5, 5.41) is 4.13. The Hall–Kier alpha value is -2.82. The topological polar surface area (TPSA) is 56.1 Å². The van der Waals surface area contributed by atoms with E-state index in [1.165, 1.54) is 5.39 Å². The highest BCUT2D eigenvalue weighted by molar-refractivity contribution is 5.80. The number of carbonyl (C=O) groups is 1. The lowest BCUT2D eigenvalue weighted by Crippen LogP contribution is -2.24. The van der Waals surface area contributed by atoms with Crippen LogP contribution in [-0.2, 0) is 17.9 Å². The van der Waals surface area contributed by atoms with Gasteiger partial charge in [0.25, 0.3) is 0 Å². The second-order valence-corrected chi connectivity index (χ2v) is 5.50. The predicted octanol–water partition coefficient (Wildman–Crippen LogP) is 3.14. The van der Waals surface area contributed by atoms with Crippen LogP contribution in [0.5, 0.6) is 5.88 Å². The number of rotatable bonds is 7. The third-order valence-electron chi connectivity index (χ3n) is 3.87. The molecule has 0 saturated heterocycles. The minimum atomic E-state index is 0.0130. The minimum absolute atomic E-state index is 0.0130. The SMILES string of the molecule is CCOc1ncccc1CNC(=O)CCn1ccc2ccccc21. The Morgan fingerprint density at radius 3 is 2.96 bits per heavy atom. The number of aryl methyl sites for hydroxylation is 1. The summed E-state index contributed by atoms with van der Waals surface area (Å²) in [5.74, 6) is 0.593. The molecule has 0 aliphatic carbocycles. The molecule has 0 bridgehead atoms. The second-order valence-electron chi connectivity index (χ2n) is 5.50. The van der Waals surface area contributed by atoms with Crippen molar-refractivity contribution in [2.45, 2.75) is 26.4 Å². The molecule has 0 unspecified atom stereocenters. The molecule has 0 aliphatic heterocycles. The van der Waals surface area contributed by atoms with Crippen LogP contribution < -0.4 is 10.1 Å². The Balaban J connectivity index is 1.55. The molecule has 124 valence electrons. The van der Waals surface area contributed by atoms with Gasteiger partial charge in [0.2, 0.25) is 11.8 Å². The maximum Gasteiger partial charge on any atom is 0.222 e. The highest BCUT2D eigenvalue weighted by Crippen LogP contribution is 2.16. The second kappa shape index (κ2) is 7.64. The fourth-order valence-corrected chi connectivity index (χ4v) is 2.67. The lowest BCUT2D eigenvalue weighted by molar-refractivity contribution is -0.121. The number of benzene rings is 1. The maximum absolute atomic E-state index is 12.1. The molecule has 1 aromatic carbocycles. The van der Waals surface area contributed by atoms with Gasteiger partial charge in [-0.25, -0.2) is 4.98 Å². The van der Waals surface area contributed by atoms with E-state index in [4.69, 9.17) is 4.74 Å². The van der Waals surface area contributed by atoms with E-state index in [9.17, 15) is 4.79 Å². The molecule has 0 atom stereocenters. The summed E-state index contributed by atoms with van der Waals surface area (Å²) in [4.78, 5) is 16.3. The van der Waals surface area contributed by atoms with Crippen molar-refractivity contribution in [3.8, 4) is 5.88 Å². The zero-order chi connectivity index (χ0) is 16.8. The largest absolute Gasteiger partial charge is 0.478 e. The summed E-state index contributed by atoms with van der Waals surface area (Å²) < 4.78 is 7.57. The van der Waals surface area contributed by atoms with Gasteiger partial charge in [0.05, 0.1) is 6.61 Å². The van der Waals surface area contributed by atoms with Crippen molar-refractivity contribution in [2.75, 3.05) is 6.61 Å². The molecule has 0 radical (unpaired) electrons. The van der Waals surface area contributed by atoms with Gasteiger partial charge in [0.15, 0.2) is 0 Å². The zero-order valence-electron chi connectivity index (χ0n) is 13.7. The van der Waals surface area contributed by atoms with Crippen molar-refractivity contribution in [3.05, 3.63) is 60.4 Å². The Morgan fingerprint density at radius 2 is 2.08 bits per heavy atom. The number of hydrogen-bond acceptors (Lipinski definition) is 3. The van der Waals surface area contributed by atoms with Crippen molar-refractivity contribution in [1.82, 2.24) is 14.9 Å². The third-order valence-corrected chi connectivity index (χ3v) is 3.87. The van der Waals surface area contributed by atoms with E-state index in [0.717, 1.165) is 11.1 Å². The van der Waals surface area contributed by atoms with Crippen LogP contribution in [0.15, 0.2) is 54.9 Å². The molecule has 24 heavy (non-hydrogen) atoms. The molecule has 0 fully saturated rings. The Bertz CT molecular complexity index is 826. The quantitative estimate of drug-likeness (QED) is 0.727. The third kappa shape index (κ3) is 3.74. The molecule has 5 heteroatoms. The smallest absolute Gasteiger partial charge is 0.222 e. The normalized spacial score (nSPS) is 10.7. The number of fused-ring (bicyclic) bond motifs is 1. The van der Waals surface area contributed by atoms with Crippen LogP contribution in [0.4, 0.5) is 0 Å². The minimum Gasteiger partial charge on any atom is -0.478 e. The first-order chi connectivity index (χ1) is 11.8. The number of para-hydroxylation sites is 1. The van der Waals surface area contributed by atoms with Gasteiger partial charge >= 0.3 is 0 Å². The zero-order valence-corrected chi connectivity index (χ0v) is 13.7. The van der Waals surface area contributed by atoms with Gasteiger partial charge in [-0.1, -0.05) is 24.3 Å². The summed E-state index contributed by atoms with van der Waals surface area (Å²) in [6.45, 7) is 3.55. The lowest BCUT2D eigenvalue weighted by Gasteiger charge is -2.10. The first-order valence-corrected chi connectivity index (χ1v) is 8.15. The van der Waals surface area contributed by atoms with Crippen LogP contribution in [0.1, 0.15) is 18.9 Å². The Labute approximate surface area is 141 Å². The van der Waals surface area contributed by atoms with E-state index in [0.29, 0.717) is 32.0 Å². The van der Waals surface area contributed by atoms with Crippen LogP contribution in [0.25, 0.3) is 10.9 Å². The highest BCUT2D eigenvalue weighted by Gasteiger charge is 2.07. The molecule has 0 spiro atoms. The van der Waals surface area contributed by atoms with Gasteiger partial charge < -0.3 is 14.6 Å². The average Bonchev–Trinajstić information content (AvgIpc) is 3.03. The van der Waals surface area contributed by atoms with Crippen LogP contribution in [-0.4, -0.2) is 22.1 Å². The Kier molecular flexibility index (Phi) is 5.11. The number of nitrogens with one attached hydrogen (secondary N) is 1. The molecule has 1 N–H and O–H groups in total. The monoisotopic (exact) mass is 323 g/mol. The van der Waals surface area contributed by atoms with E-state index in [2.05, 4.69) is 33.1 Å². The van der Waals surface area contributed by atoms with E-state index in [1.807, 2.05) is 37.4 Å². The number of ether oxygens (including phenoxy) is 1. The molecule has 3 aromatic rings. The molecule has 0 aliphatic rings. The number of amides is 1. The molecular formula is C19H21N3O2. The van der Waals surface area contributed by atoms with E-state index >= 15 is 0 Å². The number of carbonyl (C=O) groups excluding carboxylic acids is 1. The van der Waals surface area contributed by atoms with Crippen molar-refractivity contribution in [2.24, 2.45) is 0 Å². The highest BCUT2D eigenvalue weighted by atomic mass is 16.5. The summed E-state index contributed by atoms with van der Waals surface area (Å²) in [6, 6.07) is 14.0. The van der Waals surface area contributed by atoms with Crippen LogP contribution in [0.3, 0.4) is 0 Å². The maximum atomic E-state index is 12.1. The predicted molar refractivity (Wildman–Crippen MR) is 93.8 cm³/mol. The molecule has 1 amide bonds. The number of nitrogens with zero attached hydrogens (tertiary/aromatic N) is 2. The first-order valence-electron chi connectivity index (χ1n) is 8.15. The van der Waals surface area contributed by atoms with Crippen molar-refractivity contribution in [3.63, 3.8) is 0 Å². The summed E-state index contributed by atoms with van der Waals surface area (Å²) >= 11 is 0. The summed E-state index contributed by atoms with van der Waals surface area (Å²) in [7, 11) is 0. The van der Waals surface area contributed by atoms with Gasteiger partial charge in [-0.05, 0) is 30.5 Å². The van der Waals surface area contributed by atoms with Gasteiger partial charge in [-0.15, -0.1) is 0 Å². The van der Waals surface area contributed by atoms with Crippen molar-refractivity contribution in [1.29, 1.82) is 0 Å². The number of pyridine rings is 1. The van der Waals surface area contributed by atoms with Crippen LogP contribution >= 0.6 is 0 Å². The number of aromatic nitrogens is 2. The van der Waals surface area contributed by atoms with Gasteiger partial charge in [-0.3, -0.25) is 4.79 Å². The van der Waals surface area contributed by atoms with Gasteiger partial charge in [0.1, 0.15) is 0 Å². The first kappa shape index (κ1) is 16.1. The van der Waals surface area contributed by atoms with E-state index in [-0.39, 0.29) is 5.91 Å². The molecule has 2 heterocycles. The summed E-state index contributed by atoms with van der Waals surface area (Å²) in [5.41, 5.74) is 2.04. The molecular weight excluding hydrogens is 302 g/mol. The summed E-state index contributed by atoms with van der Waals surface area (Å²) in [6.07, 6.45) is 4.14. The van der Waals surface area contributed by atoms with Crippen LogP contribution in [0, 0.1) is 0 Å². The molecule has 3 rings (SSSR count). The Morgan fingerprint density at radius 1 is 1.21 bits per heavy atom. The van der Waals surface area contributed by atoms with Gasteiger partial charge in [0, 0.05) is 43.0 Å². The molecule has 5 nitrogen and oxygen atoms in total. The fourth-order valence-electron chi connectivity index (χ4n) is 2.67. The lowest BCUT2D eigenvalue weighted by atomic mass is 10.2. The van der Waals surface area contributed by atoms with E-state index < -0.39 is 0 Å². The molecule has 2 aromatic heterocycles. The average molecular weight is 323 g/mol. The van der Waals surface area contributed by atoms with Crippen molar-refractivity contribution < 1.29 is 9.53 Å². The van der Waals surface area contributed by atoms with Crippen LogP contribution in [0.2, 0.25) is 0 Å². The fraction of sp³-hybridized carbons (Fsp3) is 0.263. The molecule has 0 saturated carbocycles. The van der Waals surface area contributed by atoms with Crippen molar-refractivity contribution >= 4 is 16.8 Å². The number of hydrogen-bond donors (Lipinski definition) is 1. The standard InChI is InChI=1S/C19H21N3O2/c1-2-24-19-16(7-5-11-20-19)14-21-18(23)10-13-22-12-9-15-6-3-4-8-17(15)22/h3-9,11-12H,2,10,13-14H2,1H3,(H,21,23).